The molecule has 1 aliphatic heterocycles. The number of amides is 4. The summed E-state index contributed by atoms with van der Waals surface area (Å²) < 4.78 is 6.06. The van der Waals surface area contributed by atoms with Crippen LogP contribution in [0.15, 0.2) is 65.2 Å². The number of ether oxygens (including phenoxy) is 1. The average molecular weight is 472 g/mol. The number of nitro groups is 1. The fraction of sp³-hybridized carbons (Fsp3) is 0.0500. The number of barbiturate groups is 1. The molecule has 1 aliphatic rings. The van der Waals surface area contributed by atoms with Crippen LogP contribution in [0.25, 0.3) is 6.08 Å². The highest BCUT2D eigenvalue weighted by molar-refractivity contribution is 9.10. The van der Waals surface area contributed by atoms with E-state index in [4.69, 9.17) is 4.74 Å². The van der Waals surface area contributed by atoms with Crippen molar-refractivity contribution in [2.45, 2.75) is 0 Å². The molecule has 0 aromatic heterocycles. The number of hydrogen-bond donors (Lipinski definition) is 1. The first-order valence-corrected chi connectivity index (χ1v) is 9.30. The number of hydrogen-bond acceptors (Lipinski definition) is 6. The van der Waals surface area contributed by atoms with Gasteiger partial charge < -0.3 is 4.74 Å². The van der Waals surface area contributed by atoms with Gasteiger partial charge in [-0.3, -0.25) is 25.0 Å². The maximum absolute atomic E-state index is 12.9. The number of carbonyl (C=O) groups excluding carboxylic acids is 3. The first kappa shape index (κ1) is 20.9. The monoisotopic (exact) mass is 471 g/mol. The number of halogens is 1. The molecule has 2 aromatic carbocycles. The molecule has 0 unspecified atom stereocenters. The second-order valence-electron chi connectivity index (χ2n) is 6.02. The highest BCUT2D eigenvalue weighted by atomic mass is 79.9. The fourth-order valence-corrected chi connectivity index (χ4v) is 3.17. The predicted octanol–water partition coefficient (Wildman–Crippen LogP) is 3.59. The van der Waals surface area contributed by atoms with Gasteiger partial charge in [-0.05, 0) is 51.8 Å². The van der Waals surface area contributed by atoms with Gasteiger partial charge in [0.1, 0.15) is 17.9 Å². The van der Waals surface area contributed by atoms with Crippen LogP contribution in [0.2, 0.25) is 0 Å². The Hall–Kier alpha value is -3.79. The zero-order valence-corrected chi connectivity index (χ0v) is 16.9. The number of non-ortho nitro benzene ring substituents is 1. The lowest BCUT2D eigenvalue weighted by molar-refractivity contribution is -0.384. The number of carbonyl (C=O) groups is 3. The third-order valence-corrected chi connectivity index (χ3v) is 4.66. The van der Waals surface area contributed by atoms with Crippen molar-refractivity contribution in [3.63, 3.8) is 0 Å². The standard InChI is InChI=1S/C20H14BrN3O6/c1-2-9-30-17-8-3-12(11-16(17)21)10-15-18(25)22-20(27)23(19(15)26)13-4-6-14(7-5-13)24(28)29/h2-8,10-11H,1,9H2,(H,22,25,27)/b15-10+. The van der Waals surface area contributed by atoms with Gasteiger partial charge in [-0.15, -0.1) is 0 Å². The van der Waals surface area contributed by atoms with Gasteiger partial charge in [-0.25, -0.2) is 9.69 Å². The van der Waals surface area contributed by atoms with Crippen molar-refractivity contribution in [2.24, 2.45) is 0 Å². The second-order valence-corrected chi connectivity index (χ2v) is 6.88. The van der Waals surface area contributed by atoms with Gasteiger partial charge in [0.2, 0.25) is 0 Å². The van der Waals surface area contributed by atoms with Crippen molar-refractivity contribution >= 4 is 51.2 Å². The van der Waals surface area contributed by atoms with Crippen LogP contribution >= 0.6 is 15.9 Å². The summed E-state index contributed by atoms with van der Waals surface area (Å²) in [5.74, 6) is -1.13. The highest BCUT2D eigenvalue weighted by Crippen LogP contribution is 2.28. The van der Waals surface area contributed by atoms with Crippen LogP contribution in [0.1, 0.15) is 5.56 Å². The van der Waals surface area contributed by atoms with Crippen molar-refractivity contribution in [1.82, 2.24) is 5.32 Å². The molecule has 30 heavy (non-hydrogen) atoms. The lowest BCUT2D eigenvalue weighted by Gasteiger charge is -2.26. The molecular formula is C20H14BrN3O6. The van der Waals surface area contributed by atoms with Crippen LogP contribution in [0.4, 0.5) is 16.2 Å². The summed E-state index contributed by atoms with van der Waals surface area (Å²) in [7, 11) is 0. The molecule has 4 amide bonds. The number of anilines is 1. The van der Waals surface area contributed by atoms with E-state index in [1.54, 1.807) is 24.3 Å². The smallest absolute Gasteiger partial charge is 0.335 e. The van der Waals surface area contributed by atoms with E-state index < -0.39 is 22.8 Å². The van der Waals surface area contributed by atoms with Crippen molar-refractivity contribution in [2.75, 3.05) is 11.5 Å². The SMILES string of the molecule is C=CCOc1ccc(/C=C2\C(=O)NC(=O)N(c3ccc([N+](=O)[O-])cc3)C2=O)cc1Br. The molecule has 1 N–H and O–H groups in total. The highest BCUT2D eigenvalue weighted by Gasteiger charge is 2.37. The summed E-state index contributed by atoms with van der Waals surface area (Å²) >= 11 is 3.36. The Labute approximate surface area is 178 Å². The van der Waals surface area contributed by atoms with E-state index in [0.29, 0.717) is 22.4 Å². The first-order chi connectivity index (χ1) is 14.3. The van der Waals surface area contributed by atoms with Crippen molar-refractivity contribution in [3.8, 4) is 5.75 Å². The van der Waals surface area contributed by atoms with Gasteiger partial charge in [-0.2, -0.15) is 0 Å². The Bertz CT molecular complexity index is 1090. The second kappa shape index (κ2) is 8.70. The molecule has 1 saturated heterocycles. The maximum atomic E-state index is 12.9. The van der Waals surface area contributed by atoms with E-state index in [2.05, 4.69) is 27.8 Å². The van der Waals surface area contributed by atoms with Gasteiger partial charge >= 0.3 is 6.03 Å². The minimum absolute atomic E-state index is 0.0934. The summed E-state index contributed by atoms with van der Waals surface area (Å²) in [6.07, 6.45) is 2.93. The molecule has 152 valence electrons. The molecule has 3 rings (SSSR count). The van der Waals surface area contributed by atoms with Crippen LogP contribution in [-0.2, 0) is 9.59 Å². The zero-order valence-electron chi connectivity index (χ0n) is 15.3. The van der Waals surface area contributed by atoms with Crippen LogP contribution in [-0.4, -0.2) is 29.4 Å². The molecule has 1 heterocycles. The number of nitrogens with one attached hydrogen (secondary N) is 1. The number of benzene rings is 2. The summed E-state index contributed by atoms with van der Waals surface area (Å²) in [6, 6.07) is 8.84. The van der Waals surface area contributed by atoms with E-state index in [1.165, 1.54) is 18.2 Å². The molecule has 9 nitrogen and oxygen atoms in total. The predicted molar refractivity (Wildman–Crippen MR) is 112 cm³/mol. The average Bonchev–Trinajstić information content (AvgIpc) is 2.70. The molecule has 0 saturated carbocycles. The summed E-state index contributed by atoms with van der Waals surface area (Å²) in [5, 5.41) is 12.9. The lowest BCUT2D eigenvalue weighted by Crippen LogP contribution is -2.54. The topological polar surface area (TPSA) is 119 Å². The zero-order chi connectivity index (χ0) is 21.8. The van der Waals surface area contributed by atoms with Crippen LogP contribution in [0, 0.1) is 10.1 Å². The van der Waals surface area contributed by atoms with Gasteiger partial charge in [0.25, 0.3) is 17.5 Å². The van der Waals surface area contributed by atoms with Gasteiger partial charge in [0, 0.05) is 12.1 Å². The van der Waals surface area contributed by atoms with E-state index in [0.717, 1.165) is 17.0 Å². The first-order valence-electron chi connectivity index (χ1n) is 8.51. The Morgan fingerprint density at radius 3 is 2.47 bits per heavy atom. The number of nitrogens with zero attached hydrogens (tertiary/aromatic N) is 2. The van der Waals surface area contributed by atoms with Crippen molar-refractivity contribution in [3.05, 3.63) is 80.8 Å². The number of rotatable bonds is 6. The molecular weight excluding hydrogens is 458 g/mol. The number of imide groups is 2. The Balaban J connectivity index is 1.93. The minimum Gasteiger partial charge on any atom is -0.488 e. The van der Waals surface area contributed by atoms with Crippen LogP contribution in [0.5, 0.6) is 5.75 Å². The van der Waals surface area contributed by atoms with E-state index in [9.17, 15) is 24.5 Å². The number of nitro benzene ring substituents is 1. The molecule has 0 radical (unpaired) electrons. The Morgan fingerprint density at radius 1 is 1.17 bits per heavy atom. The number of urea groups is 1. The normalized spacial score (nSPS) is 15.2. The third kappa shape index (κ3) is 4.28. The van der Waals surface area contributed by atoms with Crippen molar-refractivity contribution < 1.29 is 24.0 Å². The molecule has 1 fully saturated rings. The largest absolute Gasteiger partial charge is 0.488 e. The third-order valence-electron chi connectivity index (χ3n) is 4.04. The van der Waals surface area contributed by atoms with Crippen molar-refractivity contribution in [1.29, 1.82) is 0 Å². The summed E-state index contributed by atoms with van der Waals surface area (Å²) in [4.78, 5) is 48.3. The van der Waals surface area contributed by atoms with E-state index in [1.807, 2.05) is 0 Å². The maximum Gasteiger partial charge on any atom is 0.335 e. The summed E-state index contributed by atoms with van der Waals surface area (Å²) in [5.41, 5.74) is 0.152. The van der Waals surface area contributed by atoms with E-state index in [-0.39, 0.29) is 16.9 Å². The van der Waals surface area contributed by atoms with E-state index >= 15 is 0 Å². The van der Waals surface area contributed by atoms with Gasteiger partial charge in [0.15, 0.2) is 0 Å². The Kier molecular flexibility index (Phi) is 6.07. The van der Waals surface area contributed by atoms with Gasteiger partial charge in [-0.1, -0.05) is 18.7 Å². The fourth-order valence-electron chi connectivity index (χ4n) is 2.65. The molecule has 10 heteroatoms. The molecule has 0 spiro atoms. The van der Waals surface area contributed by atoms with Crippen LogP contribution < -0.4 is 15.0 Å². The summed E-state index contributed by atoms with van der Waals surface area (Å²) in [6.45, 7) is 3.88. The molecule has 0 atom stereocenters. The molecule has 0 bridgehead atoms. The Morgan fingerprint density at radius 2 is 1.87 bits per heavy atom. The van der Waals surface area contributed by atoms with Gasteiger partial charge in [0.05, 0.1) is 15.1 Å². The molecule has 2 aromatic rings. The quantitative estimate of drug-likeness (QED) is 0.226. The molecule has 0 aliphatic carbocycles. The van der Waals surface area contributed by atoms with Crippen LogP contribution in [0.3, 0.4) is 0 Å². The minimum atomic E-state index is -0.939. The lowest BCUT2D eigenvalue weighted by atomic mass is 10.1.